The van der Waals surface area contributed by atoms with Crippen molar-refractivity contribution in [3.8, 4) is 22.9 Å². The molecule has 0 fully saturated rings. The summed E-state index contributed by atoms with van der Waals surface area (Å²) in [7, 11) is 1.57. The first-order chi connectivity index (χ1) is 16.0. The maximum Gasteiger partial charge on any atom is 0.359 e. The van der Waals surface area contributed by atoms with Crippen molar-refractivity contribution >= 4 is 11.9 Å². The van der Waals surface area contributed by atoms with Gasteiger partial charge in [0.1, 0.15) is 5.75 Å². The van der Waals surface area contributed by atoms with Crippen molar-refractivity contribution in [2.45, 2.75) is 53.4 Å². The zero-order chi connectivity index (χ0) is 24.2. The Kier molecular flexibility index (Phi) is 10.6. The highest BCUT2D eigenvalue weighted by atomic mass is 16.6. The van der Waals surface area contributed by atoms with E-state index in [-0.39, 0.29) is 36.1 Å². The van der Waals surface area contributed by atoms with Gasteiger partial charge in [0, 0.05) is 5.69 Å². The van der Waals surface area contributed by atoms with Crippen LogP contribution in [0.5, 0.6) is 17.2 Å². The number of benzene rings is 1. The molecule has 0 spiro atoms. The number of esters is 2. The summed E-state index contributed by atoms with van der Waals surface area (Å²) in [6, 6.07) is 6.98. The molecule has 0 saturated carbocycles. The Morgan fingerprint density at radius 2 is 1.21 bits per heavy atom. The summed E-state index contributed by atoms with van der Waals surface area (Å²) in [6.07, 6.45) is 3.37. The predicted molar refractivity (Wildman–Crippen MR) is 125 cm³/mol. The van der Waals surface area contributed by atoms with Crippen LogP contribution in [-0.2, 0) is 9.47 Å². The lowest BCUT2D eigenvalue weighted by Gasteiger charge is -2.13. The Bertz CT molecular complexity index is 853. The van der Waals surface area contributed by atoms with Gasteiger partial charge in [-0.3, -0.25) is 4.57 Å². The van der Waals surface area contributed by atoms with Crippen LogP contribution in [0.1, 0.15) is 74.4 Å². The fourth-order valence-corrected chi connectivity index (χ4v) is 3.19. The quantitative estimate of drug-likeness (QED) is 0.282. The van der Waals surface area contributed by atoms with Gasteiger partial charge < -0.3 is 23.7 Å². The van der Waals surface area contributed by atoms with Gasteiger partial charge in [-0.2, -0.15) is 0 Å². The predicted octanol–water partition coefficient (Wildman–Crippen LogP) is 5.20. The van der Waals surface area contributed by atoms with E-state index in [1.54, 1.807) is 45.2 Å². The third-order valence-corrected chi connectivity index (χ3v) is 4.84. The van der Waals surface area contributed by atoms with E-state index in [2.05, 4.69) is 0 Å². The Labute approximate surface area is 195 Å². The molecule has 0 saturated heterocycles. The summed E-state index contributed by atoms with van der Waals surface area (Å²) in [5.41, 5.74) is 0.730. The number of hydrogen-bond donors (Lipinski definition) is 0. The SMILES string of the molecule is CCCCOc1c(OCCCC)c(C(=O)OCC)n(-c2ccc(OC)cc2)c1C(=O)OCC. The third-order valence-electron chi connectivity index (χ3n) is 4.84. The summed E-state index contributed by atoms with van der Waals surface area (Å²) in [4.78, 5) is 26.3. The fourth-order valence-electron chi connectivity index (χ4n) is 3.19. The highest BCUT2D eigenvalue weighted by Crippen LogP contribution is 2.42. The molecule has 0 aliphatic carbocycles. The van der Waals surface area contributed by atoms with Gasteiger partial charge in [-0.15, -0.1) is 0 Å². The summed E-state index contributed by atoms with van der Waals surface area (Å²) in [6.45, 7) is 8.59. The van der Waals surface area contributed by atoms with Crippen LogP contribution in [0.3, 0.4) is 0 Å². The normalized spacial score (nSPS) is 10.6. The highest BCUT2D eigenvalue weighted by Gasteiger charge is 2.35. The first-order valence-corrected chi connectivity index (χ1v) is 11.6. The van der Waals surface area contributed by atoms with E-state index < -0.39 is 11.9 Å². The van der Waals surface area contributed by atoms with Crippen LogP contribution >= 0.6 is 0 Å². The minimum absolute atomic E-state index is 0.0904. The van der Waals surface area contributed by atoms with Gasteiger partial charge in [0.15, 0.2) is 22.9 Å². The van der Waals surface area contributed by atoms with E-state index in [0.717, 1.165) is 25.7 Å². The molecule has 182 valence electrons. The van der Waals surface area contributed by atoms with Gasteiger partial charge >= 0.3 is 11.9 Å². The fraction of sp³-hybridized carbons (Fsp3) is 0.520. The Morgan fingerprint density at radius 1 is 0.758 bits per heavy atom. The largest absolute Gasteiger partial charge is 0.497 e. The van der Waals surface area contributed by atoms with Gasteiger partial charge in [-0.25, -0.2) is 9.59 Å². The van der Waals surface area contributed by atoms with Crippen LogP contribution in [0.25, 0.3) is 5.69 Å². The van der Waals surface area contributed by atoms with Gasteiger partial charge in [0.05, 0.1) is 33.5 Å². The average molecular weight is 462 g/mol. The van der Waals surface area contributed by atoms with Crippen molar-refractivity contribution in [1.82, 2.24) is 4.57 Å². The van der Waals surface area contributed by atoms with Crippen LogP contribution < -0.4 is 14.2 Å². The van der Waals surface area contributed by atoms with Crippen molar-refractivity contribution in [2.24, 2.45) is 0 Å². The van der Waals surface area contributed by atoms with Crippen molar-refractivity contribution in [3.63, 3.8) is 0 Å². The smallest absolute Gasteiger partial charge is 0.359 e. The lowest BCUT2D eigenvalue weighted by atomic mass is 10.2. The van der Waals surface area contributed by atoms with Gasteiger partial charge in [-0.05, 0) is 51.0 Å². The van der Waals surface area contributed by atoms with Crippen LogP contribution in [0.2, 0.25) is 0 Å². The number of rotatable bonds is 14. The van der Waals surface area contributed by atoms with E-state index in [9.17, 15) is 9.59 Å². The molecule has 8 heteroatoms. The van der Waals surface area contributed by atoms with Crippen molar-refractivity contribution in [2.75, 3.05) is 33.5 Å². The second kappa shape index (κ2) is 13.4. The molecule has 0 aliphatic heterocycles. The number of nitrogens with zero attached hydrogens (tertiary/aromatic N) is 1. The topological polar surface area (TPSA) is 85.2 Å². The molecule has 0 bridgehead atoms. The molecule has 2 aromatic rings. The van der Waals surface area contributed by atoms with E-state index in [1.165, 1.54) is 4.57 Å². The van der Waals surface area contributed by atoms with Gasteiger partial charge in [-0.1, -0.05) is 26.7 Å². The molecule has 2 rings (SSSR count). The number of unbranched alkanes of at least 4 members (excludes halogenated alkanes) is 2. The highest BCUT2D eigenvalue weighted by molar-refractivity contribution is 6.01. The Morgan fingerprint density at radius 3 is 1.58 bits per heavy atom. The summed E-state index contributed by atoms with van der Waals surface area (Å²) < 4.78 is 29.5. The summed E-state index contributed by atoms with van der Waals surface area (Å²) >= 11 is 0. The monoisotopic (exact) mass is 461 g/mol. The van der Waals surface area contributed by atoms with Crippen LogP contribution in [0.15, 0.2) is 24.3 Å². The molecule has 0 aliphatic rings. The molecule has 1 heterocycles. The zero-order valence-corrected chi connectivity index (χ0v) is 20.3. The summed E-state index contributed by atoms with van der Waals surface area (Å²) in [5, 5.41) is 0. The molecule has 1 aromatic carbocycles. The first-order valence-electron chi connectivity index (χ1n) is 11.6. The van der Waals surface area contributed by atoms with Gasteiger partial charge in [0.25, 0.3) is 0 Å². The molecule has 0 unspecified atom stereocenters. The number of hydrogen-bond acceptors (Lipinski definition) is 7. The van der Waals surface area contributed by atoms with E-state index in [4.69, 9.17) is 23.7 Å². The number of aromatic nitrogens is 1. The molecule has 33 heavy (non-hydrogen) atoms. The number of methoxy groups -OCH3 is 1. The standard InChI is InChI=1S/C25H35NO7/c1-6-10-16-32-22-20(24(27)30-8-3)26(18-12-14-19(29-5)15-13-18)21(25(28)31-9-4)23(22)33-17-11-7-2/h12-15H,6-11,16-17H2,1-5H3. The van der Waals surface area contributed by atoms with Gasteiger partial charge in [0.2, 0.25) is 0 Å². The minimum Gasteiger partial charge on any atom is -0.497 e. The second-order valence-electron chi connectivity index (χ2n) is 7.23. The van der Waals surface area contributed by atoms with Crippen molar-refractivity contribution < 1.29 is 33.3 Å². The van der Waals surface area contributed by atoms with E-state index in [1.807, 2.05) is 13.8 Å². The lowest BCUT2D eigenvalue weighted by Crippen LogP contribution is -2.17. The minimum atomic E-state index is -0.615. The number of carbonyl (C=O) groups excluding carboxylic acids is 2. The zero-order valence-electron chi connectivity index (χ0n) is 20.3. The molecule has 8 nitrogen and oxygen atoms in total. The number of ether oxygens (including phenoxy) is 5. The van der Waals surface area contributed by atoms with E-state index in [0.29, 0.717) is 24.7 Å². The Balaban J connectivity index is 2.82. The maximum atomic E-state index is 13.1. The molecular weight excluding hydrogens is 426 g/mol. The third kappa shape index (κ3) is 6.43. The molecule has 1 aromatic heterocycles. The Hall–Kier alpha value is -3.16. The van der Waals surface area contributed by atoms with Crippen molar-refractivity contribution in [1.29, 1.82) is 0 Å². The lowest BCUT2D eigenvalue weighted by molar-refractivity contribution is 0.0506. The van der Waals surface area contributed by atoms with Crippen LogP contribution in [0, 0.1) is 0 Å². The average Bonchev–Trinajstić information content (AvgIpc) is 3.14. The van der Waals surface area contributed by atoms with Crippen LogP contribution in [0.4, 0.5) is 0 Å². The molecule has 0 amide bonds. The number of carbonyl (C=O) groups is 2. The van der Waals surface area contributed by atoms with Crippen molar-refractivity contribution in [3.05, 3.63) is 35.7 Å². The molecule has 0 radical (unpaired) electrons. The van der Waals surface area contributed by atoms with Crippen LogP contribution in [-0.4, -0.2) is 50.0 Å². The summed E-state index contributed by atoms with van der Waals surface area (Å²) in [5.74, 6) is -0.208. The maximum absolute atomic E-state index is 13.1. The van der Waals surface area contributed by atoms with E-state index >= 15 is 0 Å². The molecule has 0 atom stereocenters. The second-order valence-corrected chi connectivity index (χ2v) is 7.23. The first kappa shape index (κ1) is 26.1. The molecular formula is C25H35NO7. The molecule has 0 N–H and O–H groups in total.